The Hall–Kier alpha value is -0.0800. The molecule has 0 atom stereocenters. The molecule has 2 nitrogen and oxygen atoms in total. The predicted molar refractivity (Wildman–Crippen MR) is 69.3 cm³/mol. The van der Waals surface area contributed by atoms with Gasteiger partial charge in [0.2, 0.25) is 0 Å². The quantitative estimate of drug-likeness (QED) is 0.667. The van der Waals surface area contributed by atoms with E-state index in [-0.39, 0.29) is 0 Å². The average molecular weight is 214 g/mol. The van der Waals surface area contributed by atoms with Gasteiger partial charge in [-0.2, -0.15) is 0 Å². The van der Waals surface area contributed by atoms with Crippen LogP contribution in [-0.4, -0.2) is 38.1 Å². The van der Waals surface area contributed by atoms with Crippen LogP contribution in [0.25, 0.3) is 0 Å². The molecule has 1 N–H and O–H groups in total. The number of hydrogen-bond acceptors (Lipinski definition) is 2. The molecule has 2 heteroatoms. The van der Waals surface area contributed by atoms with Crippen LogP contribution >= 0.6 is 0 Å². The Morgan fingerprint density at radius 1 is 1.00 bits per heavy atom. The number of hydrogen-bond donors (Lipinski definition) is 1. The van der Waals surface area contributed by atoms with Crippen LogP contribution < -0.4 is 5.32 Å². The zero-order valence-electron chi connectivity index (χ0n) is 11.2. The van der Waals surface area contributed by atoms with E-state index in [1.165, 1.54) is 51.9 Å². The van der Waals surface area contributed by atoms with Crippen LogP contribution in [-0.2, 0) is 0 Å². The summed E-state index contributed by atoms with van der Waals surface area (Å²) in [4.78, 5) is 2.40. The Kier molecular flexibility index (Phi) is 10.4. The molecule has 0 spiro atoms. The molecule has 0 aromatic heterocycles. The summed E-state index contributed by atoms with van der Waals surface area (Å²) in [5, 5.41) is 3.22. The molecular formula is C13H30N2. The highest BCUT2D eigenvalue weighted by molar-refractivity contribution is 4.65. The maximum absolute atomic E-state index is 3.22. The molecule has 0 bridgehead atoms. The highest BCUT2D eigenvalue weighted by Crippen LogP contribution is 2.13. The van der Waals surface area contributed by atoms with Gasteiger partial charge in [-0.1, -0.05) is 20.8 Å². The first-order chi connectivity index (χ1) is 7.29. The second-order valence-corrected chi connectivity index (χ2v) is 4.44. The predicted octanol–water partition coefficient (Wildman–Crippen LogP) is 2.74. The molecule has 2 saturated heterocycles. The molecule has 15 heavy (non-hydrogen) atoms. The molecule has 2 fully saturated rings. The molecule has 92 valence electrons. The summed E-state index contributed by atoms with van der Waals surface area (Å²) in [6.45, 7) is 11.5. The zero-order valence-corrected chi connectivity index (χ0v) is 11.2. The van der Waals surface area contributed by atoms with Gasteiger partial charge < -0.3 is 10.2 Å². The van der Waals surface area contributed by atoms with Crippen molar-refractivity contribution in [2.24, 2.45) is 5.92 Å². The van der Waals surface area contributed by atoms with Crippen LogP contribution in [0.1, 0.15) is 46.5 Å². The lowest BCUT2D eigenvalue weighted by Crippen LogP contribution is -2.28. The molecule has 0 amide bonds. The van der Waals surface area contributed by atoms with Crippen LogP contribution in [0.15, 0.2) is 0 Å². The van der Waals surface area contributed by atoms with Gasteiger partial charge in [0, 0.05) is 0 Å². The molecule has 0 saturated carbocycles. The molecule has 2 aliphatic rings. The van der Waals surface area contributed by atoms with E-state index in [1.54, 1.807) is 0 Å². The van der Waals surface area contributed by atoms with Gasteiger partial charge in [0.25, 0.3) is 0 Å². The normalized spacial score (nSPS) is 22.4. The van der Waals surface area contributed by atoms with E-state index >= 15 is 0 Å². The van der Waals surface area contributed by atoms with Crippen molar-refractivity contribution in [2.75, 3.05) is 33.2 Å². The third kappa shape index (κ3) is 8.88. The summed E-state index contributed by atoms with van der Waals surface area (Å²) >= 11 is 0. The maximum atomic E-state index is 3.22. The van der Waals surface area contributed by atoms with E-state index in [0.717, 1.165) is 5.92 Å². The van der Waals surface area contributed by atoms with Crippen molar-refractivity contribution in [3.8, 4) is 0 Å². The summed E-state index contributed by atoms with van der Waals surface area (Å²) in [6, 6.07) is 0. The first-order valence-electron chi connectivity index (χ1n) is 6.68. The molecule has 0 aromatic carbocycles. The first kappa shape index (κ1) is 14.9. The van der Waals surface area contributed by atoms with Gasteiger partial charge in [-0.3, -0.25) is 0 Å². The third-order valence-corrected chi connectivity index (χ3v) is 2.96. The van der Waals surface area contributed by atoms with Crippen LogP contribution in [0.4, 0.5) is 0 Å². The van der Waals surface area contributed by atoms with Crippen molar-refractivity contribution in [1.29, 1.82) is 0 Å². The van der Waals surface area contributed by atoms with Gasteiger partial charge in [0.1, 0.15) is 0 Å². The molecule has 2 aliphatic heterocycles. The summed E-state index contributed by atoms with van der Waals surface area (Å²) in [5.74, 6) is 0.978. The van der Waals surface area contributed by atoms with Gasteiger partial charge in [-0.05, 0) is 64.8 Å². The van der Waals surface area contributed by atoms with E-state index in [4.69, 9.17) is 0 Å². The highest BCUT2D eigenvalue weighted by atomic mass is 15.1. The smallest absolute Gasteiger partial charge is 0.00192 e. The van der Waals surface area contributed by atoms with E-state index in [2.05, 4.69) is 24.2 Å². The minimum absolute atomic E-state index is 0.978. The number of rotatable bonds is 0. The van der Waals surface area contributed by atoms with Gasteiger partial charge in [-0.15, -0.1) is 0 Å². The van der Waals surface area contributed by atoms with Gasteiger partial charge in [0.15, 0.2) is 0 Å². The minimum Gasteiger partial charge on any atom is -0.317 e. The standard InChI is InChI=1S/C7H15N.C4H9N.C2H6/c1-7-3-5-8(2)6-4-7;1-2-4-5-3-1;1-2/h7H,3-6H2,1-2H3;5H,1-4H2;1-2H3. The maximum Gasteiger partial charge on any atom is -0.00192 e. The molecule has 2 heterocycles. The van der Waals surface area contributed by atoms with Crippen molar-refractivity contribution >= 4 is 0 Å². The lowest BCUT2D eigenvalue weighted by molar-refractivity contribution is 0.230. The van der Waals surface area contributed by atoms with E-state index in [0.29, 0.717) is 0 Å². The van der Waals surface area contributed by atoms with Crippen molar-refractivity contribution in [3.63, 3.8) is 0 Å². The average Bonchev–Trinajstić information content (AvgIpc) is 2.84. The van der Waals surface area contributed by atoms with Gasteiger partial charge >= 0.3 is 0 Å². The lowest BCUT2D eigenvalue weighted by atomic mass is 10.00. The summed E-state index contributed by atoms with van der Waals surface area (Å²) in [5.41, 5.74) is 0. The van der Waals surface area contributed by atoms with Crippen molar-refractivity contribution in [1.82, 2.24) is 10.2 Å². The summed E-state index contributed by atoms with van der Waals surface area (Å²) < 4.78 is 0. The largest absolute Gasteiger partial charge is 0.317 e. The molecule has 0 aromatic rings. The molecular weight excluding hydrogens is 184 g/mol. The number of nitrogens with one attached hydrogen (secondary N) is 1. The van der Waals surface area contributed by atoms with Gasteiger partial charge in [-0.25, -0.2) is 0 Å². The Morgan fingerprint density at radius 2 is 1.47 bits per heavy atom. The van der Waals surface area contributed by atoms with E-state index in [9.17, 15) is 0 Å². The molecule has 0 unspecified atom stereocenters. The third-order valence-electron chi connectivity index (χ3n) is 2.96. The number of nitrogens with zero attached hydrogens (tertiary/aromatic N) is 1. The van der Waals surface area contributed by atoms with E-state index < -0.39 is 0 Å². The Morgan fingerprint density at radius 3 is 1.73 bits per heavy atom. The summed E-state index contributed by atoms with van der Waals surface area (Å²) in [7, 11) is 2.20. The van der Waals surface area contributed by atoms with Crippen LogP contribution in [0.3, 0.4) is 0 Å². The Bertz CT molecular complexity index is 96.1. The second kappa shape index (κ2) is 10.4. The Balaban J connectivity index is 0.000000241. The van der Waals surface area contributed by atoms with Crippen molar-refractivity contribution < 1.29 is 0 Å². The fraction of sp³-hybridized carbons (Fsp3) is 1.00. The van der Waals surface area contributed by atoms with Crippen LogP contribution in [0, 0.1) is 5.92 Å². The van der Waals surface area contributed by atoms with Crippen LogP contribution in [0.5, 0.6) is 0 Å². The number of likely N-dealkylation sites (tertiary alicyclic amines) is 1. The van der Waals surface area contributed by atoms with E-state index in [1.807, 2.05) is 13.8 Å². The Labute approximate surface area is 96.4 Å². The topological polar surface area (TPSA) is 15.3 Å². The SMILES string of the molecule is C1CCNC1.CC.CC1CCN(C)CC1. The molecule has 2 rings (SSSR count). The monoisotopic (exact) mass is 214 g/mol. The van der Waals surface area contributed by atoms with Crippen molar-refractivity contribution in [2.45, 2.75) is 46.5 Å². The molecule has 0 radical (unpaired) electrons. The highest BCUT2D eigenvalue weighted by Gasteiger charge is 2.10. The fourth-order valence-electron chi connectivity index (χ4n) is 1.76. The molecule has 0 aliphatic carbocycles. The van der Waals surface area contributed by atoms with Crippen LogP contribution in [0.2, 0.25) is 0 Å². The zero-order chi connectivity index (χ0) is 11.5. The summed E-state index contributed by atoms with van der Waals surface area (Å²) in [6.07, 6.45) is 5.58. The number of piperidine rings is 1. The van der Waals surface area contributed by atoms with Gasteiger partial charge in [0.05, 0.1) is 0 Å². The van der Waals surface area contributed by atoms with Crippen molar-refractivity contribution in [3.05, 3.63) is 0 Å². The first-order valence-corrected chi connectivity index (χ1v) is 6.68. The fourth-order valence-corrected chi connectivity index (χ4v) is 1.76. The second-order valence-electron chi connectivity index (χ2n) is 4.44. The minimum atomic E-state index is 0.978. The lowest BCUT2D eigenvalue weighted by Gasteiger charge is -2.26.